The molecule has 17 heavy (non-hydrogen) atoms. The van der Waals surface area contributed by atoms with Crippen molar-refractivity contribution in [3.8, 4) is 0 Å². The molecule has 0 aliphatic carbocycles. The molecule has 0 bridgehead atoms. The molecule has 1 aromatic heterocycles. The molecule has 0 aromatic carbocycles. The number of carboxylic acid groups (broad SMARTS) is 1. The van der Waals surface area contributed by atoms with E-state index in [2.05, 4.69) is 5.32 Å². The quantitative estimate of drug-likeness (QED) is 0.810. The summed E-state index contributed by atoms with van der Waals surface area (Å²) in [6, 6.07) is 1.56. The lowest BCUT2D eigenvalue weighted by atomic mass is 10.2. The molecule has 2 N–H and O–H groups in total. The van der Waals surface area contributed by atoms with E-state index < -0.39 is 5.97 Å². The number of thiophene rings is 1. The van der Waals surface area contributed by atoms with Crippen LogP contribution in [0.1, 0.15) is 35.5 Å². The van der Waals surface area contributed by atoms with Gasteiger partial charge in [0.1, 0.15) is 5.00 Å². The summed E-state index contributed by atoms with van der Waals surface area (Å²) in [5.74, 6) is -1.28. The van der Waals surface area contributed by atoms with Gasteiger partial charge in [-0.05, 0) is 26.3 Å². The van der Waals surface area contributed by atoms with Crippen molar-refractivity contribution in [2.75, 3.05) is 5.32 Å². The van der Waals surface area contributed by atoms with E-state index in [1.54, 1.807) is 19.1 Å². The summed E-state index contributed by atoms with van der Waals surface area (Å²) in [6.07, 6.45) is 2.57. The summed E-state index contributed by atoms with van der Waals surface area (Å²) in [6.45, 7) is 5.45. The zero-order chi connectivity index (χ0) is 13.0. The molecule has 0 aliphatic heterocycles. The standard InChI is InChI=1S/C12H15NO3S/c1-4-5-7(2)10(14)13-11-9(12(15)16)6-8(3)17-11/h5-6H,4H2,1-3H3,(H,13,14)(H,15,16)/b7-5-. The summed E-state index contributed by atoms with van der Waals surface area (Å²) >= 11 is 1.27. The third kappa shape index (κ3) is 3.42. The van der Waals surface area contributed by atoms with Crippen LogP contribution in [0, 0.1) is 6.92 Å². The number of carboxylic acids is 1. The summed E-state index contributed by atoms with van der Waals surface area (Å²) < 4.78 is 0. The van der Waals surface area contributed by atoms with Crippen LogP contribution < -0.4 is 5.32 Å². The molecular formula is C12H15NO3S. The van der Waals surface area contributed by atoms with Crippen LogP contribution in [0.4, 0.5) is 5.00 Å². The maximum atomic E-state index is 11.7. The van der Waals surface area contributed by atoms with Crippen molar-refractivity contribution in [3.05, 3.63) is 28.2 Å². The van der Waals surface area contributed by atoms with Crippen LogP contribution in [0.2, 0.25) is 0 Å². The van der Waals surface area contributed by atoms with Crippen molar-refractivity contribution in [2.45, 2.75) is 27.2 Å². The van der Waals surface area contributed by atoms with Gasteiger partial charge in [-0.15, -0.1) is 11.3 Å². The van der Waals surface area contributed by atoms with E-state index in [1.807, 2.05) is 13.8 Å². The van der Waals surface area contributed by atoms with E-state index >= 15 is 0 Å². The topological polar surface area (TPSA) is 66.4 Å². The molecule has 1 heterocycles. The van der Waals surface area contributed by atoms with E-state index in [9.17, 15) is 9.59 Å². The minimum atomic E-state index is -1.03. The van der Waals surface area contributed by atoms with Crippen molar-refractivity contribution in [1.82, 2.24) is 0 Å². The van der Waals surface area contributed by atoms with Crippen LogP contribution in [0.25, 0.3) is 0 Å². The molecule has 0 saturated heterocycles. The maximum Gasteiger partial charge on any atom is 0.338 e. The van der Waals surface area contributed by atoms with Gasteiger partial charge in [-0.2, -0.15) is 0 Å². The van der Waals surface area contributed by atoms with Crippen molar-refractivity contribution >= 4 is 28.2 Å². The fourth-order valence-corrected chi connectivity index (χ4v) is 2.27. The second-order valence-corrected chi connectivity index (χ2v) is 4.91. The summed E-state index contributed by atoms with van der Waals surface area (Å²) in [4.78, 5) is 23.5. The van der Waals surface area contributed by atoms with E-state index in [4.69, 9.17) is 5.11 Å². The van der Waals surface area contributed by atoms with Crippen LogP contribution in [0.15, 0.2) is 17.7 Å². The molecule has 0 aliphatic rings. The van der Waals surface area contributed by atoms with Crippen LogP contribution >= 0.6 is 11.3 Å². The molecule has 1 aromatic rings. The first kappa shape index (κ1) is 13.4. The first-order valence-corrected chi connectivity index (χ1v) is 6.09. The first-order valence-electron chi connectivity index (χ1n) is 5.27. The van der Waals surface area contributed by atoms with Gasteiger partial charge in [-0.1, -0.05) is 13.0 Å². The second kappa shape index (κ2) is 5.63. The normalized spacial score (nSPS) is 11.4. The van der Waals surface area contributed by atoms with Crippen molar-refractivity contribution in [1.29, 1.82) is 0 Å². The van der Waals surface area contributed by atoms with Gasteiger partial charge in [0.15, 0.2) is 0 Å². The highest BCUT2D eigenvalue weighted by molar-refractivity contribution is 7.16. The lowest BCUT2D eigenvalue weighted by Gasteiger charge is -2.03. The van der Waals surface area contributed by atoms with Crippen LogP contribution in [-0.4, -0.2) is 17.0 Å². The van der Waals surface area contributed by atoms with Gasteiger partial charge in [-0.25, -0.2) is 4.79 Å². The molecule has 0 fully saturated rings. The molecule has 92 valence electrons. The zero-order valence-corrected chi connectivity index (χ0v) is 10.9. The Morgan fingerprint density at radius 3 is 2.71 bits per heavy atom. The zero-order valence-electron chi connectivity index (χ0n) is 10.0. The smallest absolute Gasteiger partial charge is 0.338 e. The number of anilines is 1. The van der Waals surface area contributed by atoms with E-state index in [1.165, 1.54) is 11.3 Å². The summed E-state index contributed by atoms with van der Waals surface area (Å²) in [5, 5.41) is 12.0. The van der Waals surface area contributed by atoms with Crippen LogP contribution in [0.5, 0.6) is 0 Å². The average molecular weight is 253 g/mol. The molecule has 0 radical (unpaired) electrons. The fraction of sp³-hybridized carbons (Fsp3) is 0.333. The van der Waals surface area contributed by atoms with Crippen molar-refractivity contribution in [2.24, 2.45) is 0 Å². The number of aromatic carboxylic acids is 1. The predicted molar refractivity (Wildman–Crippen MR) is 68.7 cm³/mol. The number of amides is 1. The maximum absolute atomic E-state index is 11.7. The second-order valence-electron chi connectivity index (χ2n) is 3.65. The Kier molecular flexibility index (Phi) is 4.45. The van der Waals surface area contributed by atoms with Gasteiger partial charge in [-0.3, -0.25) is 4.79 Å². The Balaban J connectivity index is 2.92. The van der Waals surface area contributed by atoms with Gasteiger partial charge < -0.3 is 10.4 Å². The lowest BCUT2D eigenvalue weighted by molar-refractivity contribution is -0.112. The molecule has 1 amide bonds. The van der Waals surface area contributed by atoms with Gasteiger partial charge in [0.2, 0.25) is 0 Å². The molecular weight excluding hydrogens is 238 g/mol. The Morgan fingerprint density at radius 1 is 1.53 bits per heavy atom. The Labute approximate surface area is 104 Å². The third-order valence-electron chi connectivity index (χ3n) is 2.18. The highest BCUT2D eigenvalue weighted by Gasteiger charge is 2.16. The third-order valence-corrected chi connectivity index (χ3v) is 3.15. The number of hydrogen-bond acceptors (Lipinski definition) is 3. The average Bonchev–Trinajstić information content (AvgIpc) is 2.60. The molecule has 0 atom stereocenters. The molecule has 5 heteroatoms. The number of rotatable bonds is 4. The van der Waals surface area contributed by atoms with Crippen LogP contribution in [0.3, 0.4) is 0 Å². The number of hydrogen-bond donors (Lipinski definition) is 2. The Bertz CT molecular complexity index is 474. The molecule has 0 unspecified atom stereocenters. The SMILES string of the molecule is CC/C=C(/C)C(=O)Nc1sc(C)cc1C(=O)O. The number of allylic oxidation sites excluding steroid dienone is 1. The monoisotopic (exact) mass is 253 g/mol. The summed E-state index contributed by atoms with van der Waals surface area (Å²) in [7, 11) is 0. The minimum absolute atomic E-state index is 0.144. The number of carbonyl (C=O) groups excluding carboxylic acids is 1. The van der Waals surface area contributed by atoms with E-state index in [0.717, 1.165) is 11.3 Å². The minimum Gasteiger partial charge on any atom is -0.478 e. The van der Waals surface area contributed by atoms with Gasteiger partial charge in [0, 0.05) is 10.5 Å². The number of nitrogens with one attached hydrogen (secondary N) is 1. The predicted octanol–water partition coefficient (Wildman–Crippen LogP) is 3.05. The Hall–Kier alpha value is -1.62. The van der Waals surface area contributed by atoms with Crippen molar-refractivity contribution in [3.63, 3.8) is 0 Å². The molecule has 1 rings (SSSR count). The van der Waals surface area contributed by atoms with Gasteiger partial charge >= 0.3 is 5.97 Å². The van der Waals surface area contributed by atoms with E-state index in [0.29, 0.717) is 10.6 Å². The highest BCUT2D eigenvalue weighted by Crippen LogP contribution is 2.27. The van der Waals surface area contributed by atoms with Crippen molar-refractivity contribution < 1.29 is 14.7 Å². The largest absolute Gasteiger partial charge is 0.478 e. The molecule has 0 spiro atoms. The van der Waals surface area contributed by atoms with Gasteiger partial charge in [0.25, 0.3) is 5.91 Å². The van der Waals surface area contributed by atoms with Crippen LogP contribution in [-0.2, 0) is 4.79 Å². The Morgan fingerprint density at radius 2 is 2.18 bits per heavy atom. The first-order chi connectivity index (χ1) is 7.95. The number of aryl methyl sites for hydroxylation is 1. The summed E-state index contributed by atoms with van der Waals surface area (Å²) in [5.41, 5.74) is 0.736. The lowest BCUT2D eigenvalue weighted by Crippen LogP contribution is -2.13. The van der Waals surface area contributed by atoms with Gasteiger partial charge in [0.05, 0.1) is 5.56 Å². The molecule has 0 saturated carbocycles. The fourth-order valence-electron chi connectivity index (χ4n) is 1.37. The highest BCUT2D eigenvalue weighted by atomic mass is 32.1. The number of carbonyl (C=O) groups is 2. The van der Waals surface area contributed by atoms with E-state index in [-0.39, 0.29) is 11.5 Å². The molecule has 4 nitrogen and oxygen atoms in total.